The molecule has 174 valence electrons. The molecule has 34 heavy (non-hydrogen) atoms. The predicted molar refractivity (Wildman–Crippen MR) is 132 cm³/mol. The molecule has 0 spiro atoms. The Hall–Kier alpha value is -3.34. The van der Waals surface area contributed by atoms with Crippen molar-refractivity contribution in [2.45, 2.75) is 38.2 Å². The number of carbonyl (C=O) groups excluding carboxylic acids is 2. The number of nitrogens with zero attached hydrogens (tertiary/aromatic N) is 1. The summed E-state index contributed by atoms with van der Waals surface area (Å²) in [6.07, 6.45) is 0.463. The zero-order valence-corrected chi connectivity index (χ0v) is 20.5. The second kappa shape index (κ2) is 9.88. The summed E-state index contributed by atoms with van der Waals surface area (Å²) in [5.41, 5.74) is 3.12. The van der Waals surface area contributed by atoms with Gasteiger partial charge in [0.1, 0.15) is 11.0 Å². The van der Waals surface area contributed by atoms with Crippen molar-refractivity contribution >= 4 is 40.9 Å². The zero-order chi connectivity index (χ0) is 24.3. The van der Waals surface area contributed by atoms with Gasteiger partial charge in [-0.25, -0.2) is 4.79 Å². The highest BCUT2D eigenvalue weighted by molar-refractivity contribution is 7.07. The predicted octanol–water partition coefficient (Wildman–Crippen LogP) is 6.02. The Morgan fingerprint density at radius 3 is 2.50 bits per heavy atom. The summed E-state index contributed by atoms with van der Waals surface area (Å²) in [7, 11) is 1.41. The second-order valence-electron chi connectivity index (χ2n) is 8.07. The molecule has 8 heteroatoms. The van der Waals surface area contributed by atoms with Gasteiger partial charge in [0, 0.05) is 16.1 Å². The molecule has 1 aromatic heterocycles. The molecule has 1 amide bonds. The Labute approximate surface area is 207 Å². The first-order valence-corrected chi connectivity index (χ1v) is 11.9. The average Bonchev–Trinajstić information content (AvgIpc) is 3.58. The van der Waals surface area contributed by atoms with Gasteiger partial charge in [0.25, 0.3) is 0 Å². The van der Waals surface area contributed by atoms with Crippen LogP contribution in [-0.4, -0.2) is 23.5 Å². The van der Waals surface area contributed by atoms with Gasteiger partial charge in [-0.1, -0.05) is 47.9 Å². The fourth-order valence-electron chi connectivity index (χ4n) is 3.70. The molecule has 1 N–H and O–H groups in total. The van der Waals surface area contributed by atoms with Crippen LogP contribution in [0.4, 0.5) is 10.5 Å². The maximum absolute atomic E-state index is 12.5. The lowest BCUT2D eigenvalue weighted by Crippen LogP contribution is -2.21. The number of carbonyl (C=O) groups is 2. The lowest BCUT2D eigenvalue weighted by molar-refractivity contribution is -0.143. The van der Waals surface area contributed by atoms with E-state index in [1.807, 2.05) is 42.5 Å². The molecule has 0 aliphatic heterocycles. The molecule has 2 aromatic carbocycles. The SMILES string of the molecule is COC(=O)C1(c2ccc(C#Cc3snc(C)c3NC(=O)O[C@H](C)c3ccccc3Cl)cc2)CC1. The van der Waals surface area contributed by atoms with Gasteiger partial charge in [0.05, 0.1) is 23.9 Å². The maximum atomic E-state index is 12.5. The number of methoxy groups -OCH3 is 1. The van der Waals surface area contributed by atoms with Crippen LogP contribution in [0.1, 0.15) is 53.1 Å². The number of aryl methyl sites for hydroxylation is 1. The summed E-state index contributed by atoms with van der Waals surface area (Å²) in [4.78, 5) is 25.2. The fourth-order valence-corrected chi connectivity index (χ4v) is 4.69. The minimum absolute atomic E-state index is 0.196. The van der Waals surface area contributed by atoms with Crippen LogP contribution in [-0.2, 0) is 19.7 Å². The first kappa shape index (κ1) is 23.8. The molecule has 0 bridgehead atoms. The quantitative estimate of drug-likeness (QED) is 0.346. The Balaban J connectivity index is 1.45. The van der Waals surface area contributed by atoms with E-state index in [2.05, 4.69) is 21.5 Å². The van der Waals surface area contributed by atoms with E-state index in [9.17, 15) is 9.59 Å². The van der Waals surface area contributed by atoms with Crippen molar-refractivity contribution in [1.82, 2.24) is 4.37 Å². The van der Waals surface area contributed by atoms with Crippen LogP contribution in [0.3, 0.4) is 0 Å². The highest BCUT2D eigenvalue weighted by Gasteiger charge is 2.52. The molecule has 1 aliphatic carbocycles. The largest absolute Gasteiger partial charge is 0.468 e. The summed E-state index contributed by atoms with van der Waals surface area (Å²) in [6.45, 7) is 3.56. The van der Waals surface area contributed by atoms with E-state index in [1.54, 1.807) is 19.9 Å². The number of halogens is 1. The second-order valence-corrected chi connectivity index (χ2v) is 9.25. The number of rotatable bonds is 5. The van der Waals surface area contributed by atoms with Crippen LogP contribution in [0.2, 0.25) is 5.02 Å². The third-order valence-electron chi connectivity index (χ3n) is 5.80. The fraction of sp³-hybridized carbons (Fsp3) is 0.269. The molecule has 0 unspecified atom stereocenters. The molecular formula is C26H23ClN2O4S. The van der Waals surface area contributed by atoms with Gasteiger partial charge in [-0.3, -0.25) is 10.1 Å². The van der Waals surface area contributed by atoms with Gasteiger partial charge in [-0.15, -0.1) is 0 Å². The van der Waals surface area contributed by atoms with E-state index in [-0.39, 0.29) is 5.97 Å². The van der Waals surface area contributed by atoms with Gasteiger partial charge >= 0.3 is 12.1 Å². The lowest BCUT2D eigenvalue weighted by Gasteiger charge is -2.15. The van der Waals surface area contributed by atoms with Crippen molar-refractivity contribution in [2.75, 3.05) is 12.4 Å². The van der Waals surface area contributed by atoms with Gasteiger partial charge in [-0.2, -0.15) is 4.37 Å². The Morgan fingerprint density at radius 1 is 1.15 bits per heavy atom. The summed E-state index contributed by atoms with van der Waals surface area (Å²) < 4.78 is 14.8. The zero-order valence-electron chi connectivity index (χ0n) is 19.0. The third-order valence-corrected chi connectivity index (χ3v) is 7.00. The van der Waals surface area contributed by atoms with Crippen molar-refractivity contribution in [1.29, 1.82) is 0 Å². The maximum Gasteiger partial charge on any atom is 0.412 e. The highest BCUT2D eigenvalue weighted by atomic mass is 35.5. The molecule has 3 aromatic rings. The minimum atomic E-state index is -0.610. The van der Waals surface area contributed by atoms with Crippen molar-refractivity contribution in [3.8, 4) is 11.8 Å². The molecule has 1 fully saturated rings. The Morgan fingerprint density at radius 2 is 1.85 bits per heavy atom. The minimum Gasteiger partial charge on any atom is -0.468 e. The van der Waals surface area contributed by atoms with E-state index in [0.29, 0.717) is 21.3 Å². The van der Waals surface area contributed by atoms with Crippen molar-refractivity contribution < 1.29 is 19.1 Å². The molecule has 6 nitrogen and oxygen atoms in total. The van der Waals surface area contributed by atoms with Crippen LogP contribution in [0.25, 0.3) is 0 Å². The van der Waals surface area contributed by atoms with Gasteiger partial charge in [-0.05, 0) is 67.9 Å². The molecular weight excluding hydrogens is 472 g/mol. The van der Waals surface area contributed by atoms with E-state index in [1.165, 1.54) is 18.6 Å². The van der Waals surface area contributed by atoms with E-state index in [0.717, 1.165) is 29.5 Å². The van der Waals surface area contributed by atoms with Gasteiger partial charge in [0.15, 0.2) is 0 Å². The van der Waals surface area contributed by atoms with E-state index < -0.39 is 17.6 Å². The molecule has 4 rings (SSSR count). The van der Waals surface area contributed by atoms with Crippen LogP contribution in [0.15, 0.2) is 48.5 Å². The lowest BCUT2D eigenvalue weighted by atomic mass is 9.95. The van der Waals surface area contributed by atoms with Gasteiger partial charge < -0.3 is 9.47 Å². The topological polar surface area (TPSA) is 77.5 Å². The third kappa shape index (κ3) is 4.93. The Bertz CT molecular complexity index is 1290. The monoisotopic (exact) mass is 494 g/mol. The molecule has 1 aliphatic rings. The van der Waals surface area contributed by atoms with E-state index >= 15 is 0 Å². The standard InChI is InChI=1S/C26H23ClN2O4S/c1-16-23(28-25(31)33-17(2)20-6-4-5-7-21(20)27)22(34-29-16)13-10-18-8-11-19(12-9-18)26(14-15-26)24(30)32-3/h4-9,11-12,17H,14-15H2,1-3H3,(H,28,31)/t17-/m1/s1. The van der Waals surface area contributed by atoms with Crippen molar-refractivity contribution in [3.63, 3.8) is 0 Å². The summed E-state index contributed by atoms with van der Waals surface area (Å²) >= 11 is 7.40. The number of amides is 1. The first-order chi connectivity index (χ1) is 16.3. The molecule has 1 atom stereocenters. The number of ether oxygens (including phenoxy) is 2. The summed E-state index contributed by atoms with van der Waals surface area (Å²) in [5, 5.41) is 3.30. The van der Waals surface area contributed by atoms with Crippen LogP contribution >= 0.6 is 23.1 Å². The number of aromatic nitrogens is 1. The van der Waals surface area contributed by atoms with Crippen molar-refractivity contribution in [3.05, 3.63) is 80.8 Å². The van der Waals surface area contributed by atoms with Crippen LogP contribution in [0, 0.1) is 18.8 Å². The number of esters is 1. The molecule has 0 radical (unpaired) electrons. The summed E-state index contributed by atoms with van der Waals surface area (Å²) in [5.74, 6) is 5.98. The number of hydrogen-bond donors (Lipinski definition) is 1. The molecule has 1 saturated carbocycles. The number of anilines is 1. The van der Waals surface area contributed by atoms with Crippen molar-refractivity contribution in [2.24, 2.45) is 0 Å². The summed E-state index contributed by atoms with van der Waals surface area (Å²) in [6, 6.07) is 14.8. The van der Waals surface area contributed by atoms with Crippen LogP contribution < -0.4 is 5.32 Å². The molecule has 1 heterocycles. The normalized spacial score (nSPS) is 14.4. The highest BCUT2D eigenvalue weighted by Crippen LogP contribution is 2.49. The average molecular weight is 495 g/mol. The number of hydrogen-bond acceptors (Lipinski definition) is 6. The van der Waals surface area contributed by atoms with Gasteiger partial charge in [0.2, 0.25) is 0 Å². The van der Waals surface area contributed by atoms with E-state index in [4.69, 9.17) is 21.1 Å². The number of nitrogens with one attached hydrogen (secondary N) is 1. The molecule has 0 saturated heterocycles. The number of benzene rings is 2. The Kier molecular flexibility index (Phi) is 6.92. The van der Waals surface area contributed by atoms with Crippen LogP contribution in [0.5, 0.6) is 0 Å². The first-order valence-electron chi connectivity index (χ1n) is 10.7. The smallest absolute Gasteiger partial charge is 0.412 e.